The van der Waals surface area contributed by atoms with Gasteiger partial charge in [-0.3, -0.25) is 0 Å². The molecule has 168 valence electrons. The summed E-state index contributed by atoms with van der Waals surface area (Å²) in [6, 6.07) is 11.4. The minimum atomic E-state index is 0.654. The van der Waals surface area contributed by atoms with Gasteiger partial charge in [0.05, 0.1) is 40.7 Å². The van der Waals surface area contributed by atoms with E-state index in [0.717, 1.165) is 24.2 Å². The fourth-order valence-corrected chi connectivity index (χ4v) is 3.00. The van der Waals surface area contributed by atoms with Crippen molar-refractivity contribution in [2.45, 2.75) is 0 Å². The molecular formula is C24H28N4O4. The third-order valence-corrected chi connectivity index (χ3v) is 4.67. The molecule has 1 aliphatic rings. The Hall–Kier alpha value is -3.94. The summed E-state index contributed by atoms with van der Waals surface area (Å²) in [6.07, 6.45) is 7.71. The maximum atomic E-state index is 5.38. The van der Waals surface area contributed by atoms with Crippen molar-refractivity contribution in [3.05, 3.63) is 59.7 Å². The van der Waals surface area contributed by atoms with Gasteiger partial charge in [-0.15, -0.1) is 0 Å². The number of methoxy groups -OCH3 is 4. The Morgan fingerprint density at radius 3 is 1.81 bits per heavy atom. The van der Waals surface area contributed by atoms with Crippen molar-refractivity contribution in [3.63, 3.8) is 0 Å². The first kappa shape index (κ1) is 22.7. The van der Waals surface area contributed by atoms with E-state index in [1.54, 1.807) is 28.4 Å². The summed E-state index contributed by atoms with van der Waals surface area (Å²) in [4.78, 5) is 4.31. The molecule has 0 fully saturated rings. The van der Waals surface area contributed by atoms with Gasteiger partial charge in [0.25, 0.3) is 0 Å². The highest BCUT2D eigenvalue weighted by Gasteiger charge is 2.05. The Morgan fingerprint density at radius 2 is 1.38 bits per heavy atom. The van der Waals surface area contributed by atoms with Crippen LogP contribution < -0.4 is 29.7 Å². The molecule has 2 aromatic rings. The van der Waals surface area contributed by atoms with Crippen molar-refractivity contribution in [3.8, 4) is 23.0 Å². The molecule has 8 heteroatoms. The van der Waals surface area contributed by atoms with Gasteiger partial charge in [0.1, 0.15) is 0 Å². The van der Waals surface area contributed by atoms with Gasteiger partial charge in [-0.2, -0.15) is 5.10 Å². The Balaban J connectivity index is 1.84. The molecule has 0 spiro atoms. The average Bonchev–Trinajstić information content (AvgIpc) is 3.36. The van der Waals surface area contributed by atoms with Crippen LogP contribution in [0.15, 0.2) is 58.6 Å². The first-order chi connectivity index (χ1) is 15.7. The molecule has 1 heterocycles. The van der Waals surface area contributed by atoms with E-state index < -0.39 is 0 Å². The predicted octanol–water partition coefficient (Wildman–Crippen LogP) is 3.35. The second-order valence-corrected chi connectivity index (χ2v) is 6.70. The van der Waals surface area contributed by atoms with Crippen LogP contribution in [0.25, 0.3) is 12.2 Å². The van der Waals surface area contributed by atoms with Crippen LogP contribution in [-0.2, 0) is 0 Å². The normalized spacial score (nSPS) is 12.9. The van der Waals surface area contributed by atoms with Gasteiger partial charge in [-0.1, -0.05) is 24.3 Å². The fourth-order valence-electron chi connectivity index (χ4n) is 3.00. The van der Waals surface area contributed by atoms with E-state index in [1.807, 2.05) is 60.7 Å². The topological polar surface area (TPSA) is 85.7 Å². The molecule has 0 unspecified atom stereocenters. The molecule has 0 radical (unpaired) electrons. The SMILES string of the molecule is COc1ccc(C=CC(C=Cc2ccc(OC)c(OC)c2)=NNC2=NCCN2)cc1OC. The highest BCUT2D eigenvalue weighted by atomic mass is 16.5. The standard InChI is InChI=1S/C24H28N4O4/c1-29-20-11-7-17(15-22(20)31-3)5-9-19(27-28-24-25-13-14-26-24)10-6-18-8-12-21(30-2)23(16-18)32-4/h5-12,15-16H,13-14H2,1-4H3,(H2,25,26,28). The lowest BCUT2D eigenvalue weighted by molar-refractivity contribution is 0.355. The number of benzene rings is 2. The third kappa shape index (κ3) is 6.04. The molecule has 8 nitrogen and oxygen atoms in total. The van der Waals surface area contributed by atoms with Crippen LogP contribution in [0.5, 0.6) is 23.0 Å². The van der Waals surface area contributed by atoms with E-state index in [0.29, 0.717) is 34.7 Å². The van der Waals surface area contributed by atoms with Gasteiger partial charge >= 0.3 is 0 Å². The van der Waals surface area contributed by atoms with Crippen molar-refractivity contribution < 1.29 is 18.9 Å². The van der Waals surface area contributed by atoms with Crippen LogP contribution in [0.4, 0.5) is 0 Å². The van der Waals surface area contributed by atoms with Crippen LogP contribution in [0, 0.1) is 0 Å². The van der Waals surface area contributed by atoms with Crippen LogP contribution >= 0.6 is 0 Å². The molecule has 0 aromatic heterocycles. The smallest absolute Gasteiger partial charge is 0.212 e. The quantitative estimate of drug-likeness (QED) is 0.463. The lowest BCUT2D eigenvalue weighted by Gasteiger charge is -2.08. The van der Waals surface area contributed by atoms with Gasteiger partial charge < -0.3 is 24.3 Å². The van der Waals surface area contributed by atoms with Gasteiger partial charge in [0.2, 0.25) is 5.96 Å². The summed E-state index contributed by atoms with van der Waals surface area (Å²) in [5.74, 6) is 3.34. The number of nitrogens with zero attached hydrogens (tertiary/aromatic N) is 2. The second-order valence-electron chi connectivity index (χ2n) is 6.70. The Bertz CT molecular complexity index is 977. The molecule has 2 aromatic carbocycles. The van der Waals surface area contributed by atoms with E-state index in [4.69, 9.17) is 18.9 Å². The first-order valence-electron chi connectivity index (χ1n) is 10.1. The van der Waals surface area contributed by atoms with Crippen LogP contribution in [0.1, 0.15) is 11.1 Å². The van der Waals surface area contributed by atoms with Crippen molar-refractivity contribution in [1.82, 2.24) is 10.7 Å². The average molecular weight is 437 g/mol. The minimum absolute atomic E-state index is 0.654. The maximum Gasteiger partial charge on any atom is 0.212 e. The zero-order valence-electron chi connectivity index (χ0n) is 18.7. The molecule has 0 atom stereocenters. The lowest BCUT2D eigenvalue weighted by atomic mass is 10.1. The van der Waals surface area contributed by atoms with Gasteiger partial charge in [0.15, 0.2) is 23.0 Å². The zero-order valence-corrected chi connectivity index (χ0v) is 18.7. The van der Waals surface area contributed by atoms with Crippen LogP contribution in [0.3, 0.4) is 0 Å². The van der Waals surface area contributed by atoms with Crippen LogP contribution in [0.2, 0.25) is 0 Å². The van der Waals surface area contributed by atoms with E-state index in [-0.39, 0.29) is 0 Å². The number of guanidine groups is 1. The minimum Gasteiger partial charge on any atom is -0.493 e. The molecule has 0 amide bonds. The van der Waals surface area contributed by atoms with E-state index >= 15 is 0 Å². The summed E-state index contributed by atoms with van der Waals surface area (Å²) < 4.78 is 21.4. The summed E-state index contributed by atoms with van der Waals surface area (Å²) in [7, 11) is 6.46. The molecule has 3 rings (SSSR count). The predicted molar refractivity (Wildman–Crippen MR) is 128 cm³/mol. The first-order valence-corrected chi connectivity index (χ1v) is 10.1. The number of ether oxygens (including phenoxy) is 4. The van der Waals surface area contributed by atoms with Crippen molar-refractivity contribution in [2.75, 3.05) is 41.5 Å². The Morgan fingerprint density at radius 1 is 0.844 bits per heavy atom. The molecule has 0 bridgehead atoms. The second kappa shape index (κ2) is 11.5. The molecule has 0 saturated carbocycles. The number of hydrogen-bond donors (Lipinski definition) is 2. The maximum absolute atomic E-state index is 5.38. The molecule has 32 heavy (non-hydrogen) atoms. The number of hydrazone groups is 1. The van der Waals surface area contributed by atoms with Crippen LogP contribution in [-0.4, -0.2) is 53.2 Å². The van der Waals surface area contributed by atoms with E-state index in [1.165, 1.54) is 0 Å². The Labute approximate surface area is 188 Å². The summed E-state index contributed by atoms with van der Waals surface area (Å²) >= 11 is 0. The molecule has 0 saturated heterocycles. The zero-order chi connectivity index (χ0) is 22.8. The molecule has 0 aliphatic carbocycles. The summed E-state index contributed by atoms with van der Waals surface area (Å²) in [5, 5.41) is 7.61. The number of allylic oxidation sites excluding steroid dienone is 2. The number of aliphatic imine (C=N–C) groups is 1. The largest absolute Gasteiger partial charge is 0.493 e. The van der Waals surface area contributed by atoms with E-state index in [2.05, 4.69) is 20.8 Å². The monoisotopic (exact) mass is 436 g/mol. The number of rotatable bonds is 9. The summed E-state index contributed by atoms with van der Waals surface area (Å²) in [5.41, 5.74) is 5.57. The van der Waals surface area contributed by atoms with Crippen molar-refractivity contribution >= 4 is 23.8 Å². The van der Waals surface area contributed by atoms with Gasteiger partial charge in [-0.05, 0) is 47.5 Å². The Kier molecular flexibility index (Phi) is 8.14. The van der Waals surface area contributed by atoms with Gasteiger partial charge in [0, 0.05) is 6.54 Å². The van der Waals surface area contributed by atoms with Crippen molar-refractivity contribution in [1.29, 1.82) is 0 Å². The van der Waals surface area contributed by atoms with E-state index in [9.17, 15) is 0 Å². The number of hydrogen-bond acceptors (Lipinski definition) is 8. The van der Waals surface area contributed by atoms with Crippen molar-refractivity contribution in [2.24, 2.45) is 10.1 Å². The fraction of sp³-hybridized carbons (Fsp3) is 0.250. The summed E-state index contributed by atoms with van der Waals surface area (Å²) in [6.45, 7) is 1.53. The van der Waals surface area contributed by atoms with Gasteiger partial charge in [-0.25, -0.2) is 10.4 Å². The lowest BCUT2D eigenvalue weighted by Crippen LogP contribution is -2.30. The molecule has 1 aliphatic heterocycles. The highest BCUT2D eigenvalue weighted by Crippen LogP contribution is 2.29. The highest BCUT2D eigenvalue weighted by molar-refractivity contribution is 6.09. The molecular weight excluding hydrogens is 408 g/mol. The number of nitrogens with one attached hydrogen (secondary N) is 2. The molecule has 2 N–H and O–H groups in total. The third-order valence-electron chi connectivity index (χ3n) is 4.67.